The molecule has 0 aliphatic heterocycles. The minimum Gasteiger partial charge on any atom is -0.469 e. The molecule has 8 heteroatoms. The van der Waals surface area contributed by atoms with Gasteiger partial charge in [-0.2, -0.15) is 0 Å². The fourth-order valence-electron chi connectivity index (χ4n) is 1.71. The Hall–Kier alpha value is -2.51. The number of carbonyl (C=O) groups is 3. The Kier molecular flexibility index (Phi) is 7.65. The molecule has 0 aliphatic rings. The largest absolute Gasteiger partial charge is 0.469 e. The Labute approximate surface area is 132 Å². The molecule has 6 nitrogen and oxygen atoms in total. The van der Waals surface area contributed by atoms with Crippen molar-refractivity contribution in [2.75, 3.05) is 20.2 Å². The Morgan fingerprint density at radius 1 is 1.09 bits per heavy atom. The molecule has 0 radical (unpaired) electrons. The molecule has 1 aromatic rings. The van der Waals surface area contributed by atoms with E-state index in [1.807, 2.05) is 0 Å². The predicted octanol–water partition coefficient (Wildman–Crippen LogP) is 1.15. The van der Waals surface area contributed by atoms with E-state index < -0.39 is 23.5 Å². The van der Waals surface area contributed by atoms with Crippen LogP contribution in [0.2, 0.25) is 0 Å². The first kappa shape index (κ1) is 18.5. The van der Waals surface area contributed by atoms with Crippen LogP contribution in [0.4, 0.5) is 8.78 Å². The molecule has 23 heavy (non-hydrogen) atoms. The predicted molar refractivity (Wildman–Crippen MR) is 77.6 cm³/mol. The molecule has 0 bridgehead atoms. The highest BCUT2D eigenvalue weighted by Gasteiger charge is 2.12. The second-order valence-electron chi connectivity index (χ2n) is 4.66. The van der Waals surface area contributed by atoms with E-state index in [4.69, 9.17) is 0 Å². The average molecular weight is 328 g/mol. The summed E-state index contributed by atoms with van der Waals surface area (Å²) in [5.41, 5.74) is -0.256. The summed E-state index contributed by atoms with van der Waals surface area (Å²) in [4.78, 5) is 34.0. The molecule has 0 saturated carbocycles. The highest BCUT2D eigenvalue weighted by Crippen LogP contribution is 2.09. The van der Waals surface area contributed by atoms with Gasteiger partial charge in [-0.15, -0.1) is 0 Å². The van der Waals surface area contributed by atoms with E-state index in [0.29, 0.717) is 12.5 Å². The maximum Gasteiger partial charge on any atom is 0.307 e. The Morgan fingerprint density at radius 3 is 2.48 bits per heavy atom. The molecule has 1 aromatic carbocycles. The highest BCUT2D eigenvalue weighted by molar-refractivity contribution is 5.94. The summed E-state index contributed by atoms with van der Waals surface area (Å²) < 4.78 is 30.5. The van der Waals surface area contributed by atoms with Crippen molar-refractivity contribution >= 4 is 17.8 Å². The van der Waals surface area contributed by atoms with Crippen LogP contribution in [0.3, 0.4) is 0 Å². The van der Waals surface area contributed by atoms with Crippen molar-refractivity contribution in [3.05, 3.63) is 35.4 Å². The molecule has 126 valence electrons. The fraction of sp³-hybridized carbons (Fsp3) is 0.400. The SMILES string of the molecule is COC(=O)CCNC(=O)CCCNC(=O)c1ccc(F)cc1F. The van der Waals surface area contributed by atoms with Gasteiger partial charge in [-0.1, -0.05) is 0 Å². The van der Waals surface area contributed by atoms with E-state index >= 15 is 0 Å². The van der Waals surface area contributed by atoms with Gasteiger partial charge in [0.25, 0.3) is 5.91 Å². The number of carbonyl (C=O) groups excluding carboxylic acids is 3. The monoisotopic (exact) mass is 328 g/mol. The van der Waals surface area contributed by atoms with Crippen molar-refractivity contribution in [1.29, 1.82) is 0 Å². The third kappa shape index (κ3) is 6.86. The van der Waals surface area contributed by atoms with E-state index in [1.165, 1.54) is 7.11 Å². The third-order valence-electron chi connectivity index (χ3n) is 2.92. The average Bonchev–Trinajstić information content (AvgIpc) is 2.51. The molecule has 0 aromatic heterocycles. The maximum atomic E-state index is 13.4. The molecule has 0 fully saturated rings. The molecule has 2 amide bonds. The van der Waals surface area contributed by atoms with Crippen LogP contribution in [0, 0.1) is 11.6 Å². The summed E-state index contributed by atoms with van der Waals surface area (Å²) in [6, 6.07) is 2.68. The minimum absolute atomic E-state index is 0.0861. The quantitative estimate of drug-likeness (QED) is 0.554. The highest BCUT2D eigenvalue weighted by atomic mass is 19.1. The van der Waals surface area contributed by atoms with Crippen LogP contribution in [-0.2, 0) is 14.3 Å². The summed E-state index contributed by atoms with van der Waals surface area (Å²) >= 11 is 0. The van der Waals surface area contributed by atoms with Crippen molar-refractivity contribution < 1.29 is 27.9 Å². The Morgan fingerprint density at radius 2 is 1.83 bits per heavy atom. The van der Waals surface area contributed by atoms with Crippen LogP contribution in [0.5, 0.6) is 0 Å². The fourth-order valence-corrected chi connectivity index (χ4v) is 1.71. The van der Waals surface area contributed by atoms with Crippen molar-refractivity contribution in [3.8, 4) is 0 Å². The van der Waals surface area contributed by atoms with E-state index in [-0.39, 0.29) is 37.4 Å². The summed E-state index contributed by atoms with van der Waals surface area (Å²) in [5.74, 6) is -3.06. The zero-order chi connectivity index (χ0) is 17.2. The van der Waals surface area contributed by atoms with Crippen molar-refractivity contribution in [2.45, 2.75) is 19.3 Å². The van der Waals surface area contributed by atoms with E-state index in [0.717, 1.165) is 12.1 Å². The summed E-state index contributed by atoms with van der Waals surface area (Å²) in [7, 11) is 1.26. The van der Waals surface area contributed by atoms with Crippen LogP contribution >= 0.6 is 0 Å². The van der Waals surface area contributed by atoms with Crippen molar-refractivity contribution in [3.63, 3.8) is 0 Å². The van der Waals surface area contributed by atoms with Crippen LogP contribution in [-0.4, -0.2) is 38.0 Å². The minimum atomic E-state index is -0.942. The van der Waals surface area contributed by atoms with E-state index in [2.05, 4.69) is 15.4 Å². The number of esters is 1. The zero-order valence-corrected chi connectivity index (χ0v) is 12.7. The number of hydrogen-bond donors (Lipinski definition) is 2. The standard InChI is InChI=1S/C15H18F2N2O4/c1-23-14(21)6-8-18-13(20)3-2-7-19-15(22)11-5-4-10(16)9-12(11)17/h4-5,9H,2-3,6-8H2,1H3,(H,18,20)(H,19,22). The number of ether oxygens (including phenoxy) is 1. The van der Waals surface area contributed by atoms with Gasteiger partial charge in [0.1, 0.15) is 11.6 Å². The molecular weight excluding hydrogens is 310 g/mol. The molecule has 0 atom stereocenters. The second-order valence-corrected chi connectivity index (χ2v) is 4.66. The van der Waals surface area contributed by atoms with Crippen LogP contribution in [0.25, 0.3) is 0 Å². The lowest BCUT2D eigenvalue weighted by Crippen LogP contribution is -2.29. The normalized spacial score (nSPS) is 10.0. The lowest BCUT2D eigenvalue weighted by Gasteiger charge is -2.07. The lowest BCUT2D eigenvalue weighted by molar-refractivity contribution is -0.140. The van der Waals surface area contributed by atoms with Crippen molar-refractivity contribution in [2.24, 2.45) is 0 Å². The molecule has 0 unspecified atom stereocenters. The van der Waals surface area contributed by atoms with Gasteiger partial charge in [0.15, 0.2) is 0 Å². The number of benzene rings is 1. The summed E-state index contributed by atoms with van der Waals surface area (Å²) in [5, 5.41) is 4.97. The first-order chi connectivity index (χ1) is 10.9. The molecule has 1 rings (SSSR count). The topological polar surface area (TPSA) is 84.5 Å². The summed E-state index contributed by atoms with van der Waals surface area (Å²) in [6.07, 6.45) is 0.578. The van der Waals surface area contributed by atoms with Gasteiger partial charge in [0.05, 0.1) is 19.1 Å². The van der Waals surface area contributed by atoms with Gasteiger partial charge >= 0.3 is 5.97 Å². The van der Waals surface area contributed by atoms with Gasteiger partial charge in [-0.25, -0.2) is 8.78 Å². The van der Waals surface area contributed by atoms with E-state index in [9.17, 15) is 23.2 Å². The first-order valence-electron chi connectivity index (χ1n) is 7.00. The molecule has 0 spiro atoms. The maximum absolute atomic E-state index is 13.4. The second kappa shape index (κ2) is 9.50. The van der Waals surface area contributed by atoms with Crippen LogP contribution < -0.4 is 10.6 Å². The number of amides is 2. The smallest absolute Gasteiger partial charge is 0.307 e. The molecule has 2 N–H and O–H groups in total. The third-order valence-corrected chi connectivity index (χ3v) is 2.92. The molecule has 0 heterocycles. The van der Waals surface area contributed by atoms with Crippen LogP contribution in [0.1, 0.15) is 29.6 Å². The number of methoxy groups -OCH3 is 1. The molecule has 0 aliphatic carbocycles. The van der Waals surface area contributed by atoms with Gasteiger partial charge < -0.3 is 15.4 Å². The van der Waals surface area contributed by atoms with E-state index in [1.54, 1.807) is 0 Å². The lowest BCUT2D eigenvalue weighted by atomic mass is 10.2. The molecular formula is C15H18F2N2O4. The van der Waals surface area contributed by atoms with Gasteiger partial charge in [-0.05, 0) is 18.6 Å². The van der Waals surface area contributed by atoms with Gasteiger partial charge in [0.2, 0.25) is 5.91 Å². The van der Waals surface area contributed by atoms with Crippen LogP contribution in [0.15, 0.2) is 18.2 Å². The van der Waals surface area contributed by atoms with Gasteiger partial charge in [-0.3, -0.25) is 14.4 Å². The Bertz CT molecular complexity index is 579. The summed E-state index contributed by atoms with van der Waals surface area (Å²) in [6.45, 7) is 0.346. The number of hydrogen-bond acceptors (Lipinski definition) is 4. The molecule has 0 saturated heterocycles. The number of nitrogens with one attached hydrogen (secondary N) is 2. The number of rotatable bonds is 8. The number of halogens is 2. The first-order valence-corrected chi connectivity index (χ1v) is 7.00. The zero-order valence-electron chi connectivity index (χ0n) is 12.7. The van der Waals surface area contributed by atoms with Gasteiger partial charge in [0, 0.05) is 25.6 Å². The van der Waals surface area contributed by atoms with Crippen molar-refractivity contribution in [1.82, 2.24) is 10.6 Å². The Balaban J connectivity index is 2.22.